The standard InChI is InChI=1S/C14H24N2O2S/c1-3-4-5-9-16(2)19(17,18)12-14-8-6-7-13(10-14)11-15/h6-8,10H,3-5,9,11-12,15H2,1-2H3. The topological polar surface area (TPSA) is 63.4 Å². The number of benzene rings is 1. The Morgan fingerprint density at radius 1 is 1.21 bits per heavy atom. The average molecular weight is 284 g/mol. The van der Waals surface area contributed by atoms with Crippen LogP contribution in [0.25, 0.3) is 0 Å². The lowest BCUT2D eigenvalue weighted by Crippen LogP contribution is -2.29. The van der Waals surface area contributed by atoms with Crippen molar-refractivity contribution in [2.24, 2.45) is 5.73 Å². The van der Waals surface area contributed by atoms with Crippen LogP contribution in [0.3, 0.4) is 0 Å². The predicted octanol–water partition coefficient (Wildman–Crippen LogP) is 2.10. The van der Waals surface area contributed by atoms with E-state index in [0.29, 0.717) is 13.1 Å². The minimum atomic E-state index is -3.23. The molecule has 0 aliphatic rings. The van der Waals surface area contributed by atoms with E-state index < -0.39 is 10.0 Å². The molecular weight excluding hydrogens is 260 g/mol. The van der Waals surface area contributed by atoms with Gasteiger partial charge in [-0.3, -0.25) is 0 Å². The average Bonchev–Trinajstić information content (AvgIpc) is 2.38. The normalized spacial score (nSPS) is 12.0. The van der Waals surface area contributed by atoms with Crippen LogP contribution in [0.2, 0.25) is 0 Å². The van der Waals surface area contributed by atoms with Gasteiger partial charge in [0.05, 0.1) is 5.75 Å². The van der Waals surface area contributed by atoms with Gasteiger partial charge in [-0.05, 0) is 17.5 Å². The fourth-order valence-corrected chi connectivity index (χ4v) is 3.12. The number of hydrogen-bond donors (Lipinski definition) is 1. The highest BCUT2D eigenvalue weighted by Crippen LogP contribution is 2.12. The first-order valence-electron chi connectivity index (χ1n) is 6.71. The molecule has 0 spiro atoms. The van der Waals surface area contributed by atoms with Crippen molar-refractivity contribution in [3.05, 3.63) is 35.4 Å². The minimum Gasteiger partial charge on any atom is -0.326 e. The Labute approximate surface area is 116 Å². The lowest BCUT2D eigenvalue weighted by molar-refractivity contribution is 0.453. The van der Waals surface area contributed by atoms with Crippen LogP contribution in [-0.2, 0) is 22.3 Å². The SMILES string of the molecule is CCCCCN(C)S(=O)(=O)Cc1cccc(CN)c1. The van der Waals surface area contributed by atoms with Crippen molar-refractivity contribution in [2.75, 3.05) is 13.6 Å². The van der Waals surface area contributed by atoms with Gasteiger partial charge in [0.2, 0.25) is 10.0 Å². The van der Waals surface area contributed by atoms with Crippen LogP contribution in [0.15, 0.2) is 24.3 Å². The van der Waals surface area contributed by atoms with E-state index in [-0.39, 0.29) is 5.75 Å². The smallest absolute Gasteiger partial charge is 0.218 e. The fraction of sp³-hybridized carbons (Fsp3) is 0.571. The number of rotatable bonds is 8. The molecule has 0 saturated heterocycles. The van der Waals surface area contributed by atoms with E-state index in [1.165, 1.54) is 4.31 Å². The third-order valence-corrected chi connectivity index (χ3v) is 4.96. The predicted molar refractivity (Wildman–Crippen MR) is 79.1 cm³/mol. The molecule has 0 unspecified atom stereocenters. The summed E-state index contributed by atoms with van der Waals surface area (Å²) in [5.41, 5.74) is 7.32. The second kappa shape index (κ2) is 7.62. The molecule has 5 heteroatoms. The summed E-state index contributed by atoms with van der Waals surface area (Å²) in [7, 11) is -1.58. The van der Waals surface area contributed by atoms with Gasteiger partial charge in [0.25, 0.3) is 0 Å². The van der Waals surface area contributed by atoms with E-state index in [0.717, 1.165) is 30.4 Å². The van der Waals surface area contributed by atoms with Gasteiger partial charge >= 0.3 is 0 Å². The van der Waals surface area contributed by atoms with Crippen LogP contribution >= 0.6 is 0 Å². The molecule has 0 aromatic heterocycles. The Balaban J connectivity index is 2.67. The van der Waals surface area contributed by atoms with Gasteiger partial charge in [0.15, 0.2) is 0 Å². The summed E-state index contributed by atoms with van der Waals surface area (Å²) in [5.74, 6) is 0.0451. The molecule has 1 aromatic rings. The van der Waals surface area contributed by atoms with E-state index in [4.69, 9.17) is 5.73 Å². The summed E-state index contributed by atoms with van der Waals surface area (Å²) >= 11 is 0. The maximum absolute atomic E-state index is 12.2. The fourth-order valence-electron chi connectivity index (χ4n) is 1.89. The molecule has 0 heterocycles. The number of nitrogens with two attached hydrogens (primary N) is 1. The molecule has 0 radical (unpaired) electrons. The quantitative estimate of drug-likeness (QED) is 0.744. The van der Waals surface area contributed by atoms with Gasteiger partial charge in [-0.25, -0.2) is 12.7 Å². The van der Waals surface area contributed by atoms with Crippen LogP contribution in [0.4, 0.5) is 0 Å². The van der Waals surface area contributed by atoms with Crippen molar-refractivity contribution in [1.82, 2.24) is 4.31 Å². The third-order valence-electron chi connectivity index (χ3n) is 3.13. The first kappa shape index (κ1) is 16.1. The Bertz CT molecular complexity index is 486. The van der Waals surface area contributed by atoms with Crippen molar-refractivity contribution in [3.8, 4) is 0 Å². The zero-order chi connectivity index (χ0) is 14.3. The maximum atomic E-state index is 12.2. The summed E-state index contributed by atoms with van der Waals surface area (Å²) in [6, 6.07) is 7.44. The van der Waals surface area contributed by atoms with Crippen LogP contribution < -0.4 is 5.73 Å². The first-order valence-corrected chi connectivity index (χ1v) is 8.32. The second-order valence-electron chi connectivity index (χ2n) is 4.81. The van der Waals surface area contributed by atoms with Gasteiger partial charge in [-0.1, -0.05) is 44.0 Å². The first-order chi connectivity index (χ1) is 8.99. The minimum absolute atomic E-state index is 0.0451. The molecule has 1 aromatic carbocycles. The Morgan fingerprint density at radius 3 is 2.53 bits per heavy atom. The Kier molecular flexibility index (Phi) is 6.48. The highest BCUT2D eigenvalue weighted by Gasteiger charge is 2.17. The molecule has 0 saturated carbocycles. The van der Waals surface area contributed by atoms with E-state index in [2.05, 4.69) is 6.92 Å². The van der Waals surface area contributed by atoms with E-state index in [9.17, 15) is 8.42 Å². The highest BCUT2D eigenvalue weighted by atomic mass is 32.2. The molecule has 0 amide bonds. The van der Waals surface area contributed by atoms with Crippen LogP contribution in [-0.4, -0.2) is 26.3 Å². The molecule has 108 valence electrons. The van der Waals surface area contributed by atoms with Gasteiger partial charge in [0.1, 0.15) is 0 Å². The molecule has 0 atom stereocenters. The number of nitrogens with zero attached hydrogens (tertiary/aromatic N) is 1. The van der Waals surface area contributed by atoms with Crippen molar-refractivity contribution >= 4 is 10.0 Å². The lowest BCUT2D eigenvalue weighted by atomic mass is 10.1. The van der Waals surface area contributed by atoms with Crippen LogP contribution in [0, 0.1) is 0 Å². The second-order valence-corrected chi connectivity index (χ2v) is 6.88. The highest BCUT2D eigenvalue weighted by molar-refractivity contribution is 7.88. The van der Waals surface area contributed by atoms with Crippen molar-refractivity contribution in [3.63, 3.8) is 0 Å². The van der Waals surface area contributed by atoms with E-state index in [1.54, 1.807) is 7.05 Å². The third kappa shape index (κ3) is 5.30. The number of unbranched alkanes of at least 4 members (excludes halogenated alkanes) is 2. The summed E-state index contributed by atoms with van der Waals surface area (Å²) in [5, 5.41) is 0. The molecule has 19 heavy (non-hydrogen) atoms. The van der Waals surface area contributed by atoms with Crippen LogP contribution in [0.1, 0.15) is 37.3 Å². The summed E-state index contributed by atoms with van der Waals surface area (Å²) in [4.78, 5) is 0. The molecular formula is C14H24N2O2S. The van der Waals surface area contributed by atoms with E-state index in [1.807, 2.05) is 24.3 Å². The zero-order valence-corrected chi connectivity index (χ0v) is 12.6. The number of sulfonamides is 1. The maximum Gasteiger partial charge on any atom is 0.218 e. The van der Waals surface area contributed by atoms with Gasteiger partial charge in [-0.15, -0.1) is 0 Å². The zero-order valence-electron chi connectivity index (χ0n) is 11.8. The van der Waals surface area contributed by atoms with Gasteiger partial charge in [0, 0.05) is 20.1 Å². The van der Waals surface area contributed by atoms with E-state index >= 15 is 0 Å². The summed E-state index contributed by atoms with van der Waals surface area (Å²) in [6.45, 7) is 3.12. The Hall–Kier alpha value is -0.910. The van der Waals surface area contributed by atoms with Crippen molar-refractivity contribution in [1.29, 1.82) is 0 Å². The number of hydrogen-bond acceptors (Lipinski definition) is 3. The summed E-state index contributed by atoms with van der Waals surface area (Å²) in [6.07, 6.45) is 3.06. The molecule has 2 N–H and O–H groups in total. The Morgan fingerprint density at radius 2 is 1.89 bits per heavy atom. The molecule has 0 aliphatic carbocycles. The molecule has 0 fully saturated rings. The largest absolute Gasteiger partial charge is 0.326 e. The van der Waals surface area contributed by atoms with Gasteiger partial charge in [-0.2, -0.15) is 0 Å². The summed E-state index contributed by atoms with van der Waals surface area (Å²) < 4.78 is 25.8. The molecule has 4 nitrogen and oxygen atoms in total. The van der Waals surface area contributed by atoms with Crippen molar-refractivity contribution < 1.29 is 8.42 Å². The van der Waals surface area contributed by atoms with Crippen molar-refractivity contribution in [2.45, 2.75) is 38.5 Å². The van der Waals surface area contributed by atoms with Gasteiger partial charge < -0.3 is 5.73 Å². The molecule has 0 bridgehead atoms. The molecule has 1 rings (SSSR count). The monoisotopic (exact) mass is 284 g/mol. The molecule has 0 aliphatic heterocycles. The van der Waals surface area contributed by atoms with Crippen LogP contribution in [0.5, 0.6) is 0 Å². The lowest BCUT2D eigenvalue weighted by Gasteiger charge is -2.17.